The zero-order valence-corrected chi connectivity index (χ0v) is 16.2. The zero-order valence-electron chi connectivity index (χ0n) is 15.4. The van der Waals surface area contributed by atoms with E-state index in [0.717, 1.165) is 12.8 Å². The Morgan fingerprint density at radius 1 is 1.14 bits per heavy atom. The van der Waals surface area contributed by atoms with Crippen molar-refractivity contribution in [2.75, 3.05) is 18.4 Å². The largest absolute Gasteiger partial charge is 0.322 e. The number of benzene rings is 2. The molecule has 0 unspecified atom stereocenters. The molecule has 2 aromatic rings. The molecule has 28 heavy (non-hydrogen) atoms. The molecule has 1 heterocycles. The molecule has 1 aliphatic heterocycles. The summed E-state index contributed by atoms with van der Waals surface area (Å²) in [6.45, 7) is 3.03. The Balaban J connectivity index is 1.80. The third-order valence-electron chi connectivity index (χ3n) is 4.79. The van der Waals surface area contributed by atoms with Crippen LogP contribution in [0.5, 0.6) is 0 Å². The number of hydrogen-bond donors (Lipinski definition) is 1. The third-order valence-corrected chi connectivity index (χ3v) is 6.69. The Labute approximate surface area is 163 Å². The number of nitro groups is 1. The number of rotatable bonds is 5. The van der Waals surface area contributed by atoms with Crippen molar-refractivity contribution in [3.05, 3.63) is 64.2 Å². The molecule has 1 amide bonds. The van der Waals surface area contributed by atoms with E-state index in [0.29, 0.717) is 19.0 Å². The van der Waals surface area contributed by atoms with Crippen LogP contribution < -0.4 is 5.32 Å². The number of hydrogen-bond acceptors (Lipinski definition) is 5. The van der Waals surface area contributed by atoms with Crippen LogP contribution in [-0.2, 0) is 10.0 Å². The maximum absolute atomic E-state index is 12.9. The van der Waals surface area contributed by atoms with Crippen LogP contribution in [-0.4, -0.2) is 36.6 Å². The Kier molecular flexibility index (Phi) is 5.76. The van der Waals surface area contributed by atoms with E-state index in [9.17, 15) is 23.3 Å². The van der Waals surface area contributed by atoms with E-state index in [1.54, 1.807) is 0 Å². The molecule has 1 fully saturated rings. The zero-order chi connectivity index (χ0) is 20.3. The Morgan fingerprint density at radius 3 is 2.50 bits per heavy atom. The molecule has 0 spiro atoms. The van der Waals surface area contributed by atoms with Gasteiger partial charge in [0.05, 0.1) is 9.82 Å². The number of piperidine rings is 1. The van der Waals surface area contributed by atoms with E-state index in [2.05, 4.69) is 12.2 Å². The van der Waals surface area contributed by atoms with Gasteiger partial charge in [0.15, 0.2) is 0 Å². The lowest BCUT2D eigenvalue weighted by molar-refractivity contribution is -0.384. The number of non-ortho nitro benzene ring substituents is 1. The van der Waals surface area contributed by atoms with Crippen LogP contribution in [0, 0.1) is 16.0 Å². The Bertz CT molecular complexity index is 998. The summed E-state index contributed by atoms with van der Waals surface area (Å²) in [5.41, 5.74) is 0.281. The molecule has 148 valence electrons. The maximum Gasteiger partial charge on any atom is 0.271 e. The molecule has 8 nitrogen and oxygen atoms in total. The van der Waals surface area contributed by atoms with Gasteiger partial charge in [-0.2, -0.15) is 4.31 Å². The highest BCUT2D eigenvalue weighted by molar-refractivity contribution is 7.89. The van der Waals surface area contributed by atoms with Crippen LogP contribution in [0.2, 0.25) is 0 Å². The van der Waals surface area contributed by atoms with Gasteiger partial charge in [-0.3, -0.25) is 14.9 Å². The summed E-state index contributed by atoms with van der Waals surface area (Å²) in [5.74, 6) is -0.0386. The van der Waals surface area contributed by atoms with Crippen molar-refractivity contribution in [1.82, 2.24) is 4.31 Å². The van der Waals surface area contributed by atoms with Gasteiger partial charge in [-0.25, -0.2) is 8.42 Å². The molecule has 1 N–H and O–H groups in total. The first-order chi connectivity index (χ1) is 13.3. The van der Waals surface area contributed by atoms with Crippen LogP contribution in [0.1, 0.15) is 30.1 Å². The predicted molar refractivity (Wildman–Crippen MR) is 105 cm³/mol. The lowest BCUT2D eigenvalue weighted by Crippen LogP contribution is -2.37. The SMILES string of the molecule is CC1CCN(S(=O)(=O)c2cccc(C(=O)Nc3cccc([N+](=O)[O-])c3)c2)CC1. The molecule has 3 rings (SSSR count). The van der Waals surface area contributed by atoms with Crippen molar-refractivity contribution in [2.24, 2.45) is 5.92 Å². The van der Waals surface area contributed by atoms with Gasteiger partial charge in [0, 0.05) is 36.5 Å². The van der Waals surface area contributed by atoms with Crippen molar-refractivity contribution in [1.29, 1.82) is 0 Å². The van der Waals surface area contributed by atoms with Gasteiger partial charge in [0.25, 0.3) is 11.6 Å². The van der Waals surface area contributed by atoms with Crippen molar-refractivity contribution < 1.29 is 18.1 Å². The van der Waals surface area contributed by atoms with Crippen molar-refractivity contribution in [2.45, 2.75) is 24.7 Å². The highest BCUT2D eigenvalue weighted by atomic mass is 32.2. The van der Waals surface area contributed by atoms with Crippen molar-refractivity contribution >= 4 is 27.3 Å². The topological polar surface area (TPSA) is 110 Å². The lowest BCUT2D eigenvalue weighted by atomic mass is 10.0. The summed E-state index contributed by atoms with van der Waals surface area (Å²) >= 11 is 0. The summed E-state index contributed by atoms with van der Waals surface area (Å²) in [7, 11) is -3.67. The number of nitrogens with zero attached hydrogens (tertiary/aromatic N) is 2. The second kappa shape index (κ2) is 8.07. The number of sulfonamides is 1. The van der Waals surface area contributed by atoms with Crippen molar-refractivity contribution in [3.8, 4) is 0 Å². The number of nitrogens with one attached hydrogen (secondary N) is 1. The fraction of sp³-hybridized carbons (Fsp3) is 0.316. The number of carbonyl (C=O) groups excluding carboxylic acids is 1. The van der Waals surface area contributed by atoms with Gasteiger partial charge < -0.3 is 5.32 Å². The van der Waals surface area contributed by atoms with Gasteiger partial charge in [0.1, 0.15) is 0 Å². The quantitative estimate of drug-likeness (QED) is 0.609. The number of nitro benzene ring substituents is 1. The molecule has 0 saturated carbocycles. The second-order valence-corrected chi connectivity index (χ2v) is 8.81. The van der Waals surface area contributed by atoms with Gasteiger partial charge in [-0.05, 0) is 43.0 Å². The number of carbonyl (C=O) groups is 1. The average molecular weight is 403 g/mol. The molecule has 0 radical (unpaired) electrons. The minimum atomic E-state index is -3.67. The van der Waals surface area contributed by atoms with E-state index < -0.39 is 20.9 Å². The molecule has 0 atom stereocenters. The molecular formula is C19H21N3O5S. The summed E-state index contributed by atoms with van der Waals surface area (Å²) in [6, 6.07) is 11.4. The van der Waals surface area contributed by atoms with E-state index in [1.165, 1.54) is 52.8 Å². The molecule has 2 aromatic carbocycles. The average Bonchev–Trinajstić information content (AvgIpc) is 2.68. The van der Waals surface area contributed by atoms with Crippen LogP contribution in [0.15, 0.2) is 53.4 Å². The predicted octanol–water partition coefficient (Wildman–Crippen LogP) is 3.27. The van der Waals surface area contributed by atoms with E-state index in [4.69, 9.17) is 0 Å². The second-order valence-electron chi connectivity index (χ2n) is 6.88. The molecule has 1 saturated heterocycles. The minimum absolute atomic E-state index is 0.0637. The van der Waals surface area contributed by atoms with Gasteiger partial charge in [0.2, 0.25) is 10.0 Å². The minimum Gasteiger partial charge on any atom is -0.322 e. The van der Waals surface area contributed by atoms with Gasteiger partial charge in [-0.1, -0.05) is 19.1 Å². The van der Waals surface area contributed by atoms with Crippen LogP contribution in [0.3, 0.4) is 0 Å². The number of amides is 1. The highest BCUT2D eigenvalue weighted by Crippen LogP contribution is 2.24. The van der Waals surface area contributed by atoms with Crippen LogP contribution >= 0.6 is 0 Å². The molecular weight excluding hydrogens is 382 g/mol. The summed E-state index contributed by atoms with van der Waals surface area (Å²) in [5, 5.41) is 13.4. The number of anilines is 1. The Morgan fingerprint density at radius 2 is 1.82 bits per heavy atom. The molecule has 1 aliphatic rings. The fourth-order valence-electron chi connectivity index (χ4n) is 3.07. The Hall–Kier alpha value is -2.78. The monoisotopic (exact) mass is 403 g/mol. The maximum atomic E-state index is 12.9. The summed E-state index contributed by atoms with van der Waals surface area (Å²) < 4.78 is 27.2. The third kappa shape index (κ3) is 4.37. The first-order valence-corrected chi connectivity index (χ1v) is 10.4. The van der Waals surface area contributed by atoms with Crippen molar-refractivity contribution in [3.63, 3.8) is 0 Å². The van der Waals surface area contributed by atoms with Gasteiger partial charge >= 0.3 is 0 Å². The van der Waals surface area contributed by atoms with E-state index in [-0.39, 0.29) is 21.8 Å². The first-order valence-electron chi connectivity index (χ1n) is 8.93. The highest BCUT2D eigenvalue weighted by Gasteiger charge is 2.28. The van der Waals surface area contributed by atoms with Crippen LogP contribution in [0.4, 0.5) is 11.4 Å². The van der Waals surface area contributed by atoms with E-state index >= 15 is 0 Å². The molecule has 9 heteroatoms. The molecule has 0 aromatic heterocycles. The standard InChI is InChI=1S/C19H21N3O5S/c1-14-8-10-21(11-9-14)28(26,27)18-7-2-4-15(12-18)19(23)20-16-5-3-6-17(13-16)22(24)25/h2-7,12-14H,8-11H2,1H3,(H,20,23). The van der Waals surface area contributed by atoms with Crippen LogP contribution in [0.25, 0.3) is 0 Å². The smallest absolute Gasteiger partial charge is 0.271 e. The molecule has 0 bridgehead atoms. The summed E-state index contributed by atoms with van der Waals surface area (Å²) in [6.07, 6.45) is 1.62. The molecule has 0 aliphatic carbocycles. The normalized spacial score (nSPS) is 15.9. The van der Waals surface area contributed by atoms with E-state index in [1.807, 2.05) is 0 Å². The lowest BCUT2D eigenvalue weighted by Gasteiger charge is -2.29. The first kappa shape index (κ1) is 20.0. The van der Waals surface area contributed by atoms with Gasteiger partial charge in [-0.15, -0.1) is 0 Å². The summed E-state index contributed by atoms with van der Waals surface area (Å²) in [4.78, 5) is 22.9. The fourth-order valence-corrected chi connectivity index (χ4v) is 4.59.